The van der Waals surface area contributed by atoms with E-state index < -0.39 is 0 Å². The monoisotopic (exact) mass is 330 g/mol. The van der Waals surface area contributed by atoms with Crippen LogP contribution in [0.5, 0.6) is 0 Å². The van der Waals surface area contributed by atoms with Gasteiger partial charge in [-0.1, -0.05) is 54.1 Å². The molecular weight excluding hydrogens is 316 g/mol. The van der Waals surface area contributed by atoms with Crippen molar-refractivity contribution < 1.29 is 4.42 Å². The summed E-state index contributed by atoms with van der Waals surface area (Å²) in [6.45, 7) is 1.80. The Bertz CT molecular complexity index is 728. The van der Waals surface area contributed by atoms with Gasteiger partial charge in [-0.15, -0.1) is 22.0 Å². The number of thioether (sulfide) groups is 1. The summed E-state index contributed by atoms with van der Waals surface area (Å²) in [5, 5.41) is 8.88. The van der Waals surface area contributed by atoms with Crippen molar-refractivity contribution in [2.24, 2.45) is 0 Å². The van der Waals surface area contributed by atoms with E-state index in [1.807, 2.05) is 18.2 Å². The number of hydrogen-bond acceptors (Lipinski definition) is 4. The lowest BCUT2D eigenvalue weighted by Crippen LogP contribution is -1.97. The Morgan fingerprint density at radius 3 is 2.32 bits per heavy atom. The van der Waals surface area contributed by atoms with Crippen LogP contribution in [-0.4, -0.2) is 10.2 Å². The van der Waals surface area contributed by atoms with Gasteiger partial charge in [0, 0.05) is 11.9 Å². The van der Waals surface area contributed by atoms with Crippen molar-refractivity contribution in [3.8, 4) is 0 Å². The molecule has 0 amide bonds. The molecule has 5 heteroatoms. The molecule has 0 aliphatic carbocycles. The fourth-order valence-corrected chi connectivity index (χ4v) is 3.45. The first-order valence-electron chi connectivity index (χ1n) is 6.93. The molecular formula is C17H15ClN2OS. The molecule has 0 N–H and O–H groups in total. The quantitative estimate of drug-likeness (QED) is 0.656. The van der Waals surface area contributed by atoms with Crippen LogP contribution in [0.1, 0.15) is 28.2 Å². The van der Waals surface area contributed by atoms with Gasteiger partial charge in [0.1, 0.15) is 0 Å². The van der Waals surface area contributed by atoms with Crippen molar-refractivity contribution in [1.29, 1.82) is 0 Å². The molecule has 0 radical (unpaired) electrons. The summed E-state index contributed by atoms with van der Waals surface area (Å²) < 4.78 is 5.46. The third kappa shape index (κ3) is 3.70. The van der Waals surface area contributed by atoms with E-state index in [1.54, 1.807) is 18.7 Å². The van der Waals surface area contributed by atoms with Gasteiger partial charge in [0.05, 0.1) is 11.0 Å². The summed E-state index contributed by atoms with van der Waals surface area (Å²) in [6, 6.07) is 18.4. The van der Waals surface area contributed by atoms with Crippen molar-refractivity contribution in [2.45, 2.75) is 17.9 Å². The van der Waals surface area contributed by atoms with Crippen molar-refractivity contribution in [3.63, 3.8) is 0 Å². The van der Waals surface area contributed by atoms with Gasteiger partial charge in [0.25, 0.3) is 0 Å². The predicted octanol–water partition coefficient (Wildman–Crippen LogP) is 5.05. The lowest BCUT2D eigenvalue weighted by atomic mass is 10.0. The van der Waals surface area contributed by atoms with E-state index in [4.69, 9.17) is 16.0 Å². The second-order valence-electron chi connectivity index (χ2n) is 4.87. The maximum Gasteiger partial charge on any atom is 0.226 e. The summed E-state index contributed by atoms with van der Waals surface area (Å²) in [7, 11) is 0. The van der Waals surface area contributed by atoms with Gasteiger partial charge in [0.15, 0.2) is 0 Å². The van der Waals surface area contributed by atoms with Crippen LogP contribution in [0.4, 0.5) is 0 Å². The van der Waals surface area contributed by atoms with E-state index in [2.05, 4.69) is 46.6 Å². The number of benzene rings is 2. The molecule has 3 nitrogen and oxygen atoms in total. The third-order valence-corrected chi connectivity index (χ3v) is 4.76. The molecule has 2 aromatic carbocycles. The Kier molecular flexibility index (Phi) is 4.80. The minimum absolute atomic E-state index is 0.200. The summed E-state index contributed by atoms with van der Waals surface area (Å²) in [6.07, 6.45) is 0. The van der Waals surface area contributed by atoms with Crippen LogP contribution in [0.25, 0.3) is 0 Å². The molecule has 112 valence electrons. The number of hydrogen-bond donors (Lipinski definition) is 0. The number of aromatic nitrogens is 2. The van der Waals surface area contributed by atoms with Crippen molar-refractivity contribution in [3.05, 3.63) is 82.5 Å². The largest absolute Gasteiger partial charge is 0.425 e. The molecule has 1 unspecified atom stereocenters. The second kappa shape index (κ2) is 6.99. The maximum absolute atomic E-state index is 6.00. The molecule has 22 heavy (non-hydrogen) atoms. The SMILES string of the molecule is Cc1nnc(CSC(c2ccccc2)c2ccc(Cl)cc2)o1. The fraction of sp³-hybridized carbons (Fsp3) is 0.176. The van der Waals surface area contributed by atoms with Gasteiger partial charge in [-0.2, -0.15) is 0 Å². The highest BCUT2D eigenvalue weighted by Gasteiger charge is 2.16. The molecule has 0 spiro atoms. The van der Waals surface area contributed by atoms with Crippen molar-refractivity contribution in [2.75, 3.05) is 0 Å². The summed E-state index contributed by atoms with van der Waals surface area (Å²) in [5.41, 5.74) is 2.45. The third-order valence-electron chi connectivity index (χ3n) is 3.22. The fourth-order valence-electron chi connectivity index (χ4n) is 2.20. The number of aryl methyl sites for hydroxylation is 1. The zero-order chi connectivity index (χ0) is 15.4. The van der Waals surface area contributed by atoms with E-state index in [1.165, 1.54) is 11.1 Å². The molecule has 0 saturated carbocycles. The van der Waals surface area contributed by atoms with Gasteiger partial charge in [-0.05, 0) is 23.3 Å². The standard InChI is InChI=1S/C17H15ClN2OS/c1-12-19-20-16(21-12)11-22-17(13-5-3-2-4-6-13)14-7-9-15(18)10-8-14/h2-10,17H,11H2,1H3. The molecule has 0 fully saturated rings. The smallest absolute Gasteiger partial charge is 0.226 e. The Morgan fingerprint density at radius 1 is 1.00 bits per heavy atom. The maximum atomic E-state index is 6.00. The van der Waals surface area contributed by atoms with Crippen LogP contribution in [0, 0.1) is 6.92 Å². The molecule has 0 aliphatic heterocycles. The molecule has 0 saturated heterocycles. The van der Waals surface area contributed by atoms with Crippen molar-refractivity contribution >= 4 is 23.4 Å². The molecule has 1 aromatic heterocycles. The van der Waals surface area contributed by atoms with Crippen LogP contribution in [0.2, 0.25) is 5.02 Å². The summed E-state index contributed by atoms with van der Waals surface area (Å²) in [5.74, 6) is 1.92. The van der Waals surface area contributed by atoms with Crippen LogP contribution < -0.4 is 0 Å². The van der Waals surface area contributed by atoms with E-state index >= 15 is 0 Å². The van der Waals surface area contributed by atoms with Gasteiger partial charge in [0.2, 0.25) is 11.8 Å². The van der Waals surface area contributed by atoms with Gasteiger partial charge < -0.3 is 4.42 Å². The molecule has 1 heterocycles. The summed E-state index contributed by atoms with van der Waals surface area (Å²) in [4.78, 5) is 0. The average molecular weight is 331 g/mol. The van der Waals surface area contributed by atoms with Crippen molar-refractivity contribution in [1.82, 2.24) is 10.2 Å². The zero-order valence-electron chi connectivity index (χ0n) is 12.1. The zero-order valence-corrected chi connectivity index (χ0v) is 13.6. The highest BCUT2D eigenvalue weighted by atomic mass is 35.5. The molecule has 3 rings (SSSR count). The lowest BCUT2D eigenvalue weighted by Gasteiger charge is -2.17. The highest BCUT2D eigenvalue weighted by Crippen LogP contribution is 2.37. The topological polar surface area (TPSA) is 38.9 Å². The first kappa shape index (κ1) is 15.1. The minimum Gasteiger partial charge on any atom is -0.425 e. The number of halogens is 1. The predicted molar refractivity (Wildman–Crippen MR) is 90.1 cm³/mol. The van der Waals surface area contributed by atoms with E-state index in [9.17, 15) is 0 Å². The van der Waals surface area contributed by atoms with Crippen LogP contribution >= 0.6 is 23.4 Å². The second-order valence-corrected chi connectivity index (χ2v) is 6.40. The van der Waals surface area contributed by atoms with Gasteiger partial charge >= 0.3 is 0 Å². The van der Waals surface area contributed by atoms with Crippen LogP contribution in [-0.2, 0) is 5.75 Å². The average Bonchev–Trinajstić information content (AvgIpc) is 2.96. The first-order valence-corrected chi connectivity index (χ1v) is 8.36. The Balaban J connectivity index is 1.84. The molecule has 1 atom stereocenters. The number of rotatable bonds is 5. The summed E-state index contributed by atoms with van der Waals surface area (Å²) >= 11 is 7.76. The Morgan fingerprint density at radius 2 is 1.68 bits per heavy atom. The van der Waals surface area contributed by atoms with Gasteiger partial charge in [-0.25, -0.2) is 0 Å². The first-order chi connectivity index (χ1) is 10.7. The van der Waals surface area contributed by atoms with E-state index in [0.717, 1.165) is 5.02 Å². The Hall–Kier alpha value is -1.78. The molecule has 0 aliphatic rings. The van der Waals surface area contributed by atoms with Gasteiger partial charge in [-0.3, -0.25) is 0 Å². The normalized spacial score (nSPS) is 12.3. The molecule has 3 aromatic rings. The minimum atomic E-state index is 0.200. The van der Waals surface area contributed by atoms with Crippen LogP contribution in [0.3, 0.4) is 0 Å². The lowest BCUT2D eigenvalue weighted by molar-refractivity contribution is 0.485. The number of nitrogens with zero attached hydrogens (tertiary/aromatic N) is 2. The highest BCUT2D eigenvalue weighted by molar-refractivity contribution is 7.98. The van der Waals surface area contributed by atoms with E-state index in [0.29, 0.717) is 17.5 Å². The molecule has 0 bridgehead atoms. The van der Waals surface area contributed by atoms with Crippen LogP contribution in [0.15, 0.2) is 59.0 Å². The van der Waals surface area contributed by atoms with E-state index in [-0.39, 0.29) is 5.25 Å². The Labute approximate surface area is 138 Å².